The Morgan fingerprint density at radius 2 is 1.93 bits per heavy atom. The van der Waals surface area contributed by atoms with Gasteiger partial charge in [0.15, 0.2) is 0 Å². The van der Waals surface area contributed by atoms with Crippen molar-refractivity contribution in [1.29, 1.82) is 0 Å². The van der Waals surface area contributed by atoms with Gasteiger partial charge in [-0.15, -0.1) is 0 Å². The van der Waals surface area contributed by atoms with Crippen molar-refractivity contribution in [2.75, 3.05) is 10.5 Å². The highest BCUT2D eigenvalue weighted by Gasteiger charge is 2.13. The lowest BCUT2D eigenvalue weighted by atomic mass is 10.3. The molecule has 0 bridgehead atoms. The van der Waals surface area contributed by atoms with Crippen LogP contribution in [0.5, 0.6) is 0 Å². The summed E-state index contributed by atoms with van der Waals surface area (Å²) in [4.78, 5) is 0. The molecule has 0 saturated carbocycles. The van der Waals surface area contributed by atoms with E-state index in [9.17, 15) is 8.42 Å². The van der Waals surface area contributed by atoms with E-state index < -0.39 is 10.0 Å². The van der Waals surface area contributed by atoms with Crippen LogP contribution in [-0.2, 0) is 10.0 Å². The normalized spacial score (nSPS) is 11.7. The van der Waals surface area contributed by atoms with Gasteiger partial charge in [-0.1, -0.05) is 26.0 Å². The van der Waals surface area contributed by atoms with Crippen molar-refractivity contribution in [3.05, 3.63) is 28.7 Å². The number of nitrogens with one attached hydrogen (secondary N) is 1. The Hall–Kier alpha value is -0.550. The van der Waals surface area contributed by atoms with E-state index in [-0.39, 0.29) is 11.7 Å². The Balaban J connectivity index is 2.83. The molecule has 15 heavy (non-hydrogen) atoms. The first-order valence-corrected chi connectivity index (χ1v) is 7.10. The average Bonchev–Trinajstić information content (AvgIpc) is 2.06. The maximum absolute atomic E-state index is 11.6. The van der Waals surface area contributed by atoms with Gasteiger partial charge in [-0.05, 0) is 34.0 Å². The lowest BCUT2D eigenvalue weighted by Gasteiger charge is -2.10. The summed E-state index contributed by atoms with van der Waals surface area (Å²) in [6.45, 7) is 3.75. The van der Waals surface area contributed by atoms with Crippen LogP contribution in [0.1, 0.15) is 13.8 Å². The minimum absolute atomic E-state index is 0.116. The van der Waals surface area contributed by atoms with E-state index >= 15 is 0 Å². The van der Waals surface area contributed by atoms with Gasteiger partial charge in [-0.2, -0.15) is 0 Å². The predicted octanol–water partition coefficient (Wildman–Crippen LogP) is 2.85. The van der Waals surface area contributed by atoms with Crippen molar-refractivity contribution in [3.63, 3.8) is 0 Å². The summed E-state index contributed by atoms with van der Waals surface area (Å²) in [6.07, 6.45) is 0. The third kappa shape index (κ3) is 4.22. The zero-order valence-electron chi connectivity index (χ0n) is 8.70. The topological polar surface area (TPSA) is 46.2 Å². The van der Waals surface area contributed by atoms with Crippen LogP contribution in [-0.4, -0.2) is 14.2 Å². The molecule has 3 nitrogen and oxygen atoms in total. The van der Waals surface area contributed by atoms with Crippen molar-refractivity contribution in [1.82, 2.24) is 0 Å². The van der Waals surface area contributed by atoms with Gasteiger partial charge in [0.1, 0.15) is 0 Å². The number of halogens is 1. The number of sulfonamides is 1. The fraction of sp³-hybridized carbons (Fsp3) is 0.400. The van der Waals surface area contributed by atoms with Crippen molar-refractivity contribution in [2.24, 2.45) is 5.92 Å². The molecule has 1 aromatic carbocycles. The van der Waals surface area contributed by atoms with Crippen molar-refractivity contribution in [2.45, 2.75) is 13.8 Å². The number of rotatable bonds is 4. The summed E-state index contributed by atoms with van der Waals surface area (Å²) in [6, 6.07) is 7.15. The molecule has 0 radical (unpaired) electrons. The van der Waals surface area contributed by atoms with Crippen LogP contribution in [0.4, 0.5) is 5.69 Å². The number of hydrogen-bond acceptors (Lipinski definition) is 2. The van der Waals surface area contributed by atoms with E-state index in [1.54, 1.807) is 18.2 Å². The summed E-state index contributed by atoms with van der Waals surface area (Å²) in [5.41, 5.74) is 0.582. The Morgan fingerprint density at radius 3 is 2.47 bits per heavy atom. The molecule has 0 aliphatic rings. The maximum Gasteiger partial charge on any atom is 0.233 e. The molecule has 0 saturated heterocycles. The Bertz CT molecular complexity index is 429. The van der Waals surface area contributed by atoms with Crippen LogP contribution in [0.25, 0.3) is 0 Å². The molecule has 0 aliphatic heterocycles. The first-order valence-electron chi connectivity index (χ1n) is 4.66. The van der Waals surface area contributed by atoms with Crippen molar-refractivity contribution < 1.29 is 8.42 Å². The smallest absolute Gasteiger partial charge is 0.233 e. The standard InChI is InChI=1S/C10H14BrNO2S/c1-8(2)7-15(13,14)12-10-6-4-3-5-9(10)11/h3-6,8,12H,7H2,1-2H3. The van der Waals surface area contributed by atoms with Gasteiger partial charge in [0.05, 0.1) is 11.4 Å². The molecule has 0 spiro atoms. The number of hydrogen-bond donors (Lipinski definition) is 1. The number of para-hydroxylation sites is 1. The Kier molecular flexibility index (Phi) is 4.16. The highest BCUT2D eigenvalue weighted by molar-refractivity contribution is 9.10. The van der Waals surface area contributed by atoms with E-state index in [4.69, 9.17) is 0 Å². The average molecular weight is 292 g/mol. The predicted molar refractivity (Wildman–Crippen MR) is 66.4 cm³/mol. The van der Waals surface area contributed by atoms with Crippen LogP contribution in [0, 0.1) is 5.92 Å². The number of benzene rings is 1. The molecule has 0 heterocycles. The molecule has 0 aromatic heterocycles. The quantitative estimate of drug-likeness (QED) is 0.927. The zero-order chi connectivity index (χ0) is 11.5. The molecule has 1 rings (SSSR count). The van der Waals surface area contributed by atoms with Gasteiger partial charge in [0, 0.05) is 4.47 Å². The second-order valence-electron chi connectivity index (χ2n) is 3.76. The summed E-state index contributed by atoms with van der Waals surface area (Å²) in [5.74, 6) is 0.249. The third-order valence-corrected chi connectivity index (χ3v) is 4.02. The summed E-state index contributed by atoms with van der Waals surface area (Å²) in [7, 11) is -3.24. The third-order valence-electron chi connectivity index (χ3n) is 1.69. The maximum atomic E-state index is 11.6. The molecule has 0 unspecified atom stereocenters. The van der Waals surface area contributed by atoms with Gasteiger partial charge in [-0.25, -0.2) is 8.42 Å². The van der Waals surface area contributed by atoms with E-state index in [0.717, 1.165) is 4.47 Å². The molecule has 0 aliphatic carbocycles. The minimum Gasteiger partial charge on any atom is -0.282 e. The summed E-state index contributed by atoms with van der Waals surface area (Å²) < 4.78 is 26.6. The Labute approximate surface area is 99.1 Å². The van der Waals surface area contributed by atoms with E-state index in [1.165, 1.54) is 0 Å². The first kappa shape index (κ1) is 12.5. The zero-order valence-corrected chi connectivity index (χ0v) is 11.1. The van der Waals surface area contributed by atoms with Crippen molar-refractivity contribution >= 4 is 31.6 Å². The van der Waals surface area contributed by atoms with Gasteiger partial charge in [0.2, 0.25) is 10.0 Å². The second kappa shape index (κ2) is 4.99. The van der Waals surface area contributed by atoms with E-state index in [0.29, 0.717) is 5.69 Å². The molecule has 0 fully saturated rings. The fourth-order valence-corrected chi connectivity index (χ4v) is 3.18. The second-order valence-corrected chi connectivity index (χ2v) is 6.38. The fourth-order valence-electron chi connectivity index (χ4n) is 1.19. The molecule has 1 aromatic rings. The summed E-state index contributed by atoms with van der Waals surface area (Å²) in [5, 5.41) is 0. The van der Waals surface area contributed by atoms with Crippen LogP contribution in [0.3, 0.4) is 0 Å². The highest BCUT2D eigenvalue weighted by atomic mass is 79.9. The van der Waals surface area contributed by atoms with Crippen molar-refractivity contribution in [3.8, 4) is 0 Å². The molecule has 0 atom stereocenters. The Morgan fingerprint density at radius 1 is 1.33 bits per heavy atom. The molecule has 1 N–H and O–H groups in total. The molecular formula is C10H14BrNO2S. The van der Waals surface area contributed by atoms with Gasteiger partial charge >= 0.3 is 0 Å². The lowest BCUT2D eigenvalue weighted by molar-refractivity contribution is 0.587. The molecule has 0 amide bonds. The number of anilines is 1. The molecule has 5 heteroatoms. The van der Waals surface area contributed by atoms with Crippen LogP contribution >= 0.6 is 15.9 Å². The van der Waals surface area contributed by atoms with Gasteiger partial charge in [0.25, 0.3) is 0 Å². The molecular weight excluding hydrogens is 278 g/mol. The van der Waals surface area contributed by atoms with Crippen LogP contribution < -0.4 is 4.72 Å². The van der Waals surface area contributed by atoms with E-state index in [1.807, 2.05) is 19.9 Å². The van der Waals surface area contributed by atoms with Gasteiger partial charge < -0.3 is 0 Å². The molecule has 84 valence electrons. The van der Waals surface area contributed by atoms with Crippen LogP contribution in [0.15, 0.2) is 28.7 Å². The first-order chi connectivity index (χ1) is 6.91. The largest absolute Gasteiger partial charge is 0.282 e. The van der Waals surface area contributed by atoms with E-state index in [2.05, 4.69) is 20.7 Å². The SMILES string of the molecule is CC(C)CS(=O)(=O)Nc1ccccc1Br. The van der Waals surface area contributed by atoms with Gasteiger partial charge in [-0.3, -0.25) is 4.72 Å². The summed E-state index contributed by atoms with van der Waals surface area (Å²) >= 11 is 3.29. The highest BCUT2D eigenvalue weighted by Crippen LogP contribution is 2.22. The monoisotopic (exact) mass is 291 g/mol. The minimum atomic E-state index is -3.24. The van der Waals surface area contributed by atoms with Crippen LogP contribution in [0.2, 0.25) is 0 Å². The lowest BCUT2D eigenvalue weighted by Crippen LogP contribution is -2.20.